The van der Waals surface area contributed by atoms with E-state index in [0.29, 0.717) is 19.4 Å². The van der Waals surface area contributed by atoms with Crippen LogP contribution in [0.4, 0.5) is 4.79 Å². The molecule has 7 heteroatoms. The maximum Gasteiger partial charge on any atom is 0.326 e. The number of aliphatic carboxylic acids is 1. The molecule has 0 bridgehead atoms. The van der Waals surface area contributed by atoms with Crippen molar-refractivity contribution in [2.24, 2.45) is 11.8 Å². The first-order valence-electron chi connectivity index (χ1n) is 13.2. The van der Waals surface area contributed by atoms with E-state index in [4.69, 9.17) is 4.74 Å². The second kappa shape index (κ2) is 14.2. The third kappa shape index (κ3) is 8.61. The highest BCUT2D eigenvalue weighted by Gasteiger charge is 2.29. The summed E-state index contributed by atoms with van der Waals surface area (Å²) in [7, 11) is 0. The number of aryl methyl sites for hydroxylation is 1. The molecule has 0 saturated carbocycles. The lowest BCUT2D eigenvalue weighted by Gasteiger charge is -2.29. The zero-order valence-corrected chi connectivity index (χ0v) is 22.4. The van der Waals surface area contributed by atoms with E-state index in [1.807, 2.05) is 86.6 Å². The molecule has 2 N–H and O–H groups in total. The number of urea groups is 1. The summed E-state index contributed by atoms with van der Waals surface area (Å²) in [6.07, 6.45) is 1.34. The summed E-state index contributed by atoms with van der Waals surface area (Å²) in [6, 6.07) is 21.9. The maximum absolute atomic E-state index is 13.4. The standard InChI is InChI=1S/C31H38N2O5/c1-4-38-30(36)27(17-14-23-10-6-5-7-11-23)21-33(20-22(2)3)31(37)32-28(29(34)35)19-24-15-16-25-12-8-9-13-26(25)18-24/h5-13,15-16,18,22,27-28H,4,14,17,19-21H2,1-3H3,(H,32,37)(H,34,35)/t27-,28-/m0/s1. The van der Waals surface area contributed by atoms with Gasteiger partial charge in [-0.1, -0.05) is 86.6 Å². The molecule has 0 spiro atoms. The summed E-state index contributed by atoms with van der Waals surface area (Å²) in [6.45, 7) is 6.51. The van der Waals surface area contributed by atoms with Crippen LogP contribution in [0.5, 0.6) is 0 Å². The van der Waals surface area contributed by atoms with Gasteiger partial charge < -0.3 is 20.1 Å². The van der Waals surface area contributed by atoms with Gasteiger partial charge in [0.15, 0.2) is 0 Å². The number of fused-ring (bicyclic) bond motifs is 1. The zero-order chi connectivity index (χ0) is 27.5. The molecular weight excluding hydrogens is 480 g/mol. The fraction of sp³-hybridized carbons (Fsp3) is 0.387. The summed E-state index contributed by atoms with van der Waals surface area (Å²) in [5.41, 5.74) is 1.92. The molecular formula is C31H38N2O5. The second-order valence-corrected chi connectivity index (χ2v) is 10.00. The first-order valence-corrected chi connectivity index (χ1v) is 13.2. The van der Waals surface area contributed by atoms with Gasteiger partial charge in [-0.25, -0.2) is 9.59 Å². The Morgan fingerprint density at radius 1 is 0.895 bits per heavy atom. The Morgan fingerprint density at radius 3 is 2.24 bits per heavy atom. The number of ether oxygens (including phenoxy) is 1. The molecule has 38 heavy (non-hydrogen) atoms. The normalized spacial score (nSPS) is 12.6. The third-order valence-corrected chi connectivity index (χ3v) is 6.41. The number of carbonyl (C=O) groups excluding carboxylic acids is 2. The van der Waals surface area contributed by atoms with Crippen LogP contribution >= 0.6 is 0 Å². The molecule has 0 heterocycles. The number of benzene rings is 3. The molecule has 2 atom stereocenters. The van der Waals surface area contributed by atoms with Crippen molar-refractivity contribution in [3.05, 3.63) is 83.9 Å². The number of hydrogen-bond donors (Lipinski definition) is 2. The lowest BCUT2D eigenvalue weighted by atomic mass is 9.98. The van der Waals surface area contributed by atoms with Crippen LogP contribution in [0, 0.1) is 11.8 Å². The fourth-order valence-corrected chi connectivity index (χ4v) is 4.52. The van der Waals surface area contributed by atoms with Gasteiger partial charge in [-0.05, 0) is 47.6 Å². The molecule has 0 aromatic heterocycles. The average Bonchev–Trinajstić information content (AvgIpc) is 2.90. The highest BCUT2D eigenvalue weighted by Crippen LogP contribution is 2.18. The summed E-state index contributed by atoms with van der Waals surface area (Å²) >= 11 is 0. The van der Waals surface area contributed by atoms with Gasteiger partial charge in [0.25, 0.3) is 0 Å². The van der Waals surface area contributed by atoms with Crippen LogP contribution in [-0.4, -0.2) is 53.7 Å². The molecule has 0 aliphatic heterocycles. The Morgan fingerprint density at radius 2 is 1.58 bits per heavy atom. The molecule has 2 amide bonds. The Bertz CT molecular complexity index is 1210. The van der Waals surface area contributed by atoms with E-state index in [2.05, 4.69) is 5.32 Å². The number of esters is 1. The van der Waals surface area contributed by atoms with Crippen molar-refractivity contribution < 1.29 is 24.2 Å². The predicted octanol–water partition coefficient (Wildman–Crippen LogP) is 5.32. The minimum atomic E-state index is -1.11. The van der Waals surface area contributed by atoms with E-state index >= 15 is 0 Å². The van der Waals surface area contributed by atoms with Crippen LogP contribution in [0.15, 0.2) is 72.8 Å². The van der Waals surface area contributed by atoms with Crippen LogP contribution in [0.3, 0.4) is 0 Å². The lowest BCUT2D eigenvalue weighted by Crippen LogP contribution is -2.51. The quantitative estimate of drug-likeness (QED) is 0.299. The number of nitrogens with zero attached hydrogens (tertiary/aromatic N) is 1. The van der Waals surface area contributed by atoms with Gasteiger partial charge >= 0.3 is 18.0 Å². The van der Waals surface area contributed by atoms with Crippen molar-refractivity contribution in [1.82, 2.24) is 10.2 Å². The predicted molar refractivity (Wildman–Crippen MR) is 149 cm³/mol. The molecule has 0 fully saturated rings. The number of carbonyl (C=O) groups is 3. The van der Waals surface area contributed by atoms with Crippen molar-refractivity contribution in [3.8, 4) is 0 Å². The van der Waals surface area contributed by atoms with Gasteiger partial charge in [0.05, 0.1) is 12.5 Å². The highest BCUT2D eigenvalue weighted by atomic mass is 16.5. The summed E-state index contributed by atoms with van der Waals surface area (Å²) in [4.78, 5) is 39.9. The Kier molecular flexibility index (Phi) is 10.7. The first kappa shape index (κ1) is 28.7. The minimum Gasteiger partial charge on any atom is -0.480 e. The van der Waals surface area contributed by atoms with Gasteiger partial charge in [-0.15, -0.1) is 0 Å². The number of nitrogens with one attached hydrogen (secondary N) is 1. The Labute approximate surface area is 224 Å². The van der Waals surface area contributed by atoms with Gasteiger partial charge in [0, 0.05) is 19.5 Å². The lowest BCUT2D eigenvalue weighted by molar-refractivity contribution is -0.148. The van der Waals surface area contributed by atoms with E-state index in [-0.39, 0.29) is 31.5 Å². The van der Waals surface area contributed by atoms with Crippen molar-refractivity contribution >= 4 is 28.7 Å². The Hall–Kier alpha value is -3.87. The van der Waals surface area contributed by atoms with E-state index < -0.39 is 24.0 Å². The zero-order valence-electron chi connectivity index (χ0n) is 22.4. The molecule has 3 rings (SSSR count). The summed E-state index contributed by atoms with van der Waals surface area (Å²) in [5, 5.41) is 14.7. The van der Waals surface area contributed by atoms with Crippen molar-refractivity contribution in [3.63, 3.8) is 0 Å². The molecule has 0 unspecified atom stereocenters. The molecule has 0 aliphatic carbocycles. The van der Waals surface area contributed by atoms with E-state index in [0.717, 1.165) is 21.9 Å². The van der Waals surface area contributed by atoms with Crippen LogP contribution in [0.1, 0.15) is 38.3 Å². The largest absolute Gasteiger partial charge is 0.480 e. The van der Waals surface area contributed by atoms with Gasteiger partial charge in [0.2, 0.25) is 0 Å². The van der Waals surface area contributed by atoms with Crippen molar-refractivity contribution in [2.75, 3.05) is 19.7 Å². The van der Waals surface area contributed by atoms with Crippen LogP contribution < -0.4 is 5.32 Å². The smallest absolute Gasteiger partial charge is 0.326 e. The van der Waals surface area contributed by atoms with Crippen LogP contribution in [0.2, 0.25) is 0 Å². The van der Waals surface area contributed by atoms with Gasteiger partial charge in [0.1, 0.15) is 6.04 Å². The third-order valence-electron chi connectivity index (χ3n) is 6.41. The van der Waals surface area contributed by atoms with Crippen molar-refractivity contribution in [2.45, 2.75) is 46.1 Å². The molecule has 0 saturated heterocycles. The number of carboxylic acids is 1. The average molecular weight is 519 g/mol. The van der Waals surface area contributed by atoms with E-state index in [1.54, 1.807) is 11.8 Å². The summed E-state index contributed by atoms with van der Waals surface area (Å²) < 4.78 is 5.32. The number of hydrogen-bond acceptors (Lipinski definition) is 4. The molecule has 0 aliphatic rings. The first-order chi connectivity index (χ1) is 18.3. The molecule has 3 aromatic rings. The minimum absolute atomic E-state index is 0.126. The number of carboxylic acid groups (broad SMARTS) is 1. The van der Waals surface area contributed by atoms with Gasteiger partial charge in [-0.2, -0.15) is 0 Å². The molecule has 202 valence electrons. The summed E-state index contributed by atoms with van der Waals surface area (Å²) in [5.74, 6) is -1.86. The molecule has 3 aromatic carbocycles. The maximum atomic E-state index is 13.4. The second-order valence-electron chi connectivity index (χ2n) is 10.00. The topological polar surface area (TPSA) is 95.9 Å². The molecule has 0 radical (unpaired) electrons. The van der Waals surface area contributed by atoms with E-state index in [9.17, 15) is 19.5 Å². The van der Waals surface area contributed by atoms with Crippen molar-refractivity contribution in [1.29, 1.82) is 0 Å². The van der Waals surface area contributed by atoms with Crippen LogP contribution in [0.25, 0.3) is 10.8 Å². The SMILES string of the molecule is CCOC(=O)[C@@H](CCc1ccccc1)CN(CC(C)C)C(=O)N[C@@H](Cc1ccc2ccccc2c1)C(=O)O. The van der Waals surface area contributed by atoms with Gasteiger partial charge in [-0.3, -0.25) is 4.79 Å². The monoisotopic (exact) mass is 518 g/mol. The number of rotatable bonds is 13. The Balaban J connectivity index is 1.74. The highest BCUT2D eigenvalue weighted by molar-refractivity contribution is 5.85. The molecule has 7 nitrogen and oxygen atoms in total. The fourth-order valence-electron chi connectivity index (χ4n) is 4.52. The van der Waals surface area contributed by atoms with Crippen LogP contribution in [-0.2, 0) is 27.2 Å². The number of amides is 2. The van der Waals surface area contributed by atoms with E-state index in [1.165, 1.54) is 0 Å².